The van der Waals surface area contributed by atoms with Crippen LogP contribution in [0.4, 0.5) is 0 Å². The Balaban J connectivity index is 2.44. The molecule has 2 atom stereocenters. The first-order valence-corrected chi connectivity index (χ1v) is 7.65. The van der Waals surface area contributed by atoms with Gasteiger partial charge in [0.25, 0.3) is 0 Å². The van der Waals surface area contributed by atoms with E-state index in [9.17, 15) is 4.79 Å². The van der Waals surface area contributed by atoms with E-state index in [-0.39, 0.29) is 5.25 Å². The highest BCUT2D eigenvalue weighted by atomic mass is 32.2. The van der Waals surface area contributed by atoms with Gasteiger partial charge >= 0.3 is 0 Å². The van der Waals surface area contributed by atoms with Crippen LogP contribution in [0.5, 0.6) is 0 Å². The third-order valence-electron chi connectivity index (χ3n) is 2.57. The number of hydrogen-bond donors (Lipinski definition) is 0. The van der Waals surface area contributed by atoms with Gasteiger partial charge in [0, 0.05) is 23.2 Å². The summed E-state index contributed by atoms with van der Waals surface area (Å²) in [6.45, 7) is 8.02. The van der Waals surface area contributed by atoms with Crippen molar-refractivity contribution < 1.29 is 4.79 Å². The van der Waals surface area contributed by atoms with Crippen molar-refractivity contribution in [3.63, 3.8) is 0 Å². The van der Waals surface area contributed by atoms with Crippen LogP contribution in [0.3, 0.4) is 0 Å². The molecule has 1 saturated heterocycles. The van der Waals surface area contributed by atoms with Crippen molar-refractivity contribution in [3.05, 3.63) is 12.2 Å². The molecule has 0 aromatic carbocycles. The normalized spacial score (nSPS) is 26.3. The van der Waals surface area contributed by atoms with Gasteiger partial charge in [-0.25, -0.2) is 0 Å². The van der Waals surface area contributed by atoms with Crippen LogP contribution in [0.1, 0.15) is 33.1 Å². The zero-order valence-corrected chi connectivity index (χ0v) is 11.3. The summed E-state index contributed by atoms with van der Waals surface area (Å²) in [4.78, 5) is 12.0. The second-order valence-corrected chi connectivity index (χ2v) is 6.63. The van der Waals surface area contributed by atoms with Crippen molar-refractivity contribution >= 4 is 29.3 Å². The Hall–Kier alpha value is 0.110. The molecule has 1 heterocycles. The van der Waals surface area contributed by atoms with Crippen LogP contribution in [0, 0.1) is 0 Å². The molecule has 0 saturated carbocycles. The van der Waals surface area contributed by atoms with E-state index >= 15 is 0 Å². The lowest BCUT2D eigenvalue weighted by Gasteiger charge is -2.28. The highest BCUT2D eigenvalue weighted by Crippen LogP contribution is 2.34. The number of Topliss-reactive ketones (excluding diaryl/α,β-unsaturated/α-hetero) is 1. The zero-order valence-electron chi connectivity index (χ0n) is 9.62. The Bertz CT molecular complexity index is 238. The molecule has 15 heavy (non-hydrogen) atoms. The van der Waals surface area contributed by atoms with Gasteiger partial charge in [0.15, 0.2) is 0 Å². The molecule has 0 aromatic heterocycles. The average Bonchev–Trinajstić information content (AvgIpc) is 2.25. The highest BCUT2D eigenvalue weighted by molar-refractivity contribution is 8.07. The first kappa shape index (κ1) is 13.2. The van der Waals surface area contributed by atoms with Gasteiger partial charge in [0.05, 0.1) is 5.25 Å². The molecule has 0 N–H and O–H groups in total. The third kappa shape index (κ3) is 4.23. The third-order valence-corrected chi connectivity index (χ3v) is 5.86. The van der Waals surface area contributed by atoms with Crippen molar-refractivity contribution in [2.75, 3.05) is 11.5 Å². The van der Waals surface area contributed by atoms with Crippen LogP contribution in [-0.2, 0) is 4.79 Å². The predicted octanol–water partition coefficient (Wildman–Crippen LogP) is 3.54. The fourth-order valence-electron chi connectivity index (χ4n) is 1.68. The fourth-order valence-corrected chi connectivity index (χ4v) is 4.75. The van der Waals surface area contributed by atoms with E-state index in [1.807, 2.05) is 30.4 Å². The quantitative estimate of drug-likeness (QED) is 0.689. The number of carbonyl (C=O) groups is 1. The van der Waals surface area contributed by atoms with Crippen LogP contribution in [0.15, 0.2) is 12.2 Å². The highest BCUT2D eigenvalue weighted by Gasteiger charge is 2.30. The maximum Gasteiger partial charge on any atom is 0.147 e. The van der Waals surface area contributed by atoms with Crippen LogP contribution in [0.25, 0.3) is 0 Å². The monoisotopic (exact) mass is 244 g/mol. The Morgan fingerprint density at radius 1 is 1.33 bits per heavy atom. The maximum absolute atomic E-state index is 12.0. The van der Waals surface area contributed by atoms with Gasteiger partial charge in [0.2, 0.25) is 0 Å². The van der Waals surface area contributed by atoms with E-state index in [1.165, 1.54) is 5.75 Å². The Labute approximate surface area is 101 Å². The number of hydrogen-bond acceptors (Lipinski definition) is 3. The van der Waals surface area contributed by atoms with Gasteiger partial charge in [-0.1, -0.05) is 12.5 Å². The predicted molar refractivity (Wildman–Crippen MR) is 71.8 cm³/mol. The summed E-state index contributed by atoms with van der Waals surface area (Å²) in [5, 5.41) is 0.787. The number of thioether (sulfide) groups is 2. The lowest BCUT2D eigenvalue weighted by Crippen LogP contribution is -2.32. The Kier molecular flexibility index (Phi) is 5.83. The van der Waals surface area contributed by atoms with Crippen molar-refractivity contribution in [1.82, 2.24) is 0 Å². The van der Waals surface area contributed by atoms with E-state index in [4.69, 9.17) is 0 Å². The van der Waals surface area contributed by atoms with E-state index in [2.05, 4.69) is 13.5 Å². The number of allylic oxidation sites excluding steroid dienone is 1. The molecule has 0 bridgehead atoms. The standard InChI is InChI=1S/C12H20OS2/c1-4-11-12(15-8-7-14-11)10(13)6-5-9(2)3/h11-12H,2,4-8H2,1,3H3. The second kappa shape index (κ2) is 6.64. The van der Waals surface area contributed by atoms with Gasteiger partial charge in [0.1, 0.15) is 5.78 Å². The molecule has 1 fully saturated rings. The van der Waals surface area contributed by atoms with E-state index < -0.39 is 0 Å². The molecule has 1 rings (SSSR count). The van der Waals surface area contributed by atoms with Gasteiger partial charge in [-0.2, -0.15) is 11.8 Å². The number of rotatable bonds is 5. The number of carbonyl (C=O) groups excluding carboxylic acids is 1. The first-order valence-electron chi connectivity index (χ1n) is 5.55. The lowest BCUT2D eigenvalue weighted by atomic mass is 10.1. The van der Waals surface area contributed by atoms with Crippen molar-refractivity contribution in [2.24, 2.45) is 0 Å². The van der Waals surface area contributed by atoms with E-state index in [0.717, 1.165) is 24.2 Å². The average molecular weight is 244 g/mol. The molecule has 1 aliphatic heterocycles. The van der Waals surface area contributed by atoms with Gasteiger partial charge < -0.3 is 0 Å². The summed E-state index contributed by atoms with van der Waals surface area (Å²) in [7, 11) is 0. The molecule has 0 aromatic rings. The molecule has 1 aliphatic rings. The Morgan fingerprint density at radius 3 is 2.60 bits per heavy atom. The summed E-state index contributed by atoms with van der Waals surface area (Å²) >= 11 is 3.83. The maximum atomic E-state index is 12.0. The molecule has 2 unspecified atom stereocenters. The Morgan fingerprint density at radius 2 is 2.00 bits per heavy atom. The lowest BCUT2D eigenvalue weighted by molar-refractivity contribution is -0.118. The van der Waals surface area contributed by atoms with Crippen molar-refractivity contribution in [2.45, 2.75) is 43.6 Å². The molecule has 0 amide bonds. The SMILES string of the molecule is C=C(C)CCC(=O)C1SCCSC1CC. The molecular formula is C12H20OS2. The summed E-state index contributed by atoms with van der Waals surface area (Å²) in [6, 6.07) is 0. The molecule has 0 radical (unpaired) electrons. The molecule has 1 nitrogen and oxygen atoms in total. The van der Waals surface area contributed by atoms with Crippen LogP contribution in [-0.4, -0.2) is 27.8 Å². The summed E-state index contributed by atoms with van der Waals surface area (Å²) in [6.07, 6.45) is 2.65. The van der Waals surface area contributed by atoms with E-state index in [0.29, 0.717) is 17.5 Å². The minimum atomic E-state index is 0.244. The summed E-state index contributed by atoms with van der Waals surface area (Å²) in [5.41, 5.74) is 1.12. The van der Waals surface area contributed by atoms with Gasteiger partial charge in [-0.05, 0) is 19.8 Å². The van der Waals surface area contributed by atoms with Crippen molar-refractivity contribution in [3.8, 4) is 0 Å². The summed E-state index contributed by atoms with van der Waals surface area (Å²) in [5.74, 6) is 2.76. The molecular weight excluding hydrogens is 224 g/mol. The zero-order chi connectivity index (χ0) is 11.3. The molecule has 86 valence electrons. The number of ketones is 1. The fraction of sp³-hybridized carbons (Fsp3) is 0.750. The van der Waals surface area contributed by atoms with E-state index in [1.54, 1.807) is 0 Å². The van der Waals surface area contributed by atoms with Gasteiger partial charge in [-0.3, -0.25) is 4.79 Å². The molecule has 0 aliphatic carbocycles. The first-order chi connectivity index (χ1) is 7.15. The second-order valence-electron chi connectivity index (χ2n) is 4.03. The van der Waals surface area contributed by atoms with Crippen LogP contribution >= 0.6 is 23.5 Å². The summed E-state index contributed by atoms with van der Waals surface area (Å²) < 4.78 is 0. The molecule has 3 heteroatoms. The van der Waals surface area contributed by atoms with Gasteiger partial charge in [-0.15, -0.1) is 18.3 Å². The minimum Gasteiger partial charge on any atom is -0.298 e. The minimum absolute atomic E-state index is 0.244. The topological polar surface area (TPSA) is 17.1 Å². The van der Waals surface area contributed by atoms with Crippen molar-refractivity contribution in [1.29, 1.82) is 0 Å². The molecule has 0 spiro atoms. The van der Waals surface area contributed by atoms with Crippen LogP contribution in [0.2, 0.25) is 0 Å². The largest absolute Gasteiger partial charge is 0.298 e. The van der Waals surface area contributed by atoms with Crippen LogP contribution < -0.4 is 0 Å². The smallest absolute Gasteiger partial charge is 0.147 e.